The summed E-state index contributed by atoms with van der Waals surface area (Å²) in [7, 11) is 7.91. The fourth-order valence-corrected chi connectivity index (χ4v) is 10.7. The van der Waals surface area contributed by atoms with Gasteiger partial charge in [0.05, 0.1) is 25.4 Å². The number of amides is 11. The van der Waals surface area contributed by atoms with Gasteiger partial charge >= 0.3 is 0 Å². The van der Waals surface area contributed by atoms with Gasteiger partial charge < -0.3 is 76.4 Å². The number of rotatable bonds is 18. The Morgan fingerprint density at radius 1 is 0.455 bits per heavy atom. The normalized spacial score (nSPS) is 27.0. The van der Waals surface area contributed by atoms with Crippen LogP contribution >= 0.6 is 0 Å². The monoisotopic (exact) mass is 1250 g/mol. The fraction of sp³-hybridized carbons (Fsp3) is 0.790. The zero-order valence-corrected chi connectivity index (χ0v) is 56.5. The molecule has 0 aromatic rings. The van der Waals surface area contributed by atoms with Crippen LogP contribution in [-0.2, 0) is 52.7 Å². The third-order valence-corrected chi connectivity index (χ3v) is 16.0. The summed E-state index contributed by atoms with van der Waals surface area (Å²) in [6, 6.07) is -13.8. The molecule has 26 nitrogen and oxygen atoms in total. The number of likely N-dealkylation sites (N-methyl/N-ethyl adjacent to an activating group) is 6. The maximum absolute atomic E-state index is 15.1. The van der Waals surface area contributed by atoms with Gasteiger partial charge in [0.25, 0.3) is 0 Å². The predicted molar refractivity (Wildman–Crippen MR) is 333 cm³/mol. The number of hydrogen-bond donors (Lipinski definition) is 9. The number of aliphatic hydroxyl groups excluding tert-OH is 4. The summed E-state index contributed by atoms with van der Waals surface area (Å²) >= 11 is 0. The van der Waals surface area contributed by atoms with Crippen molar-refractivity contribution < 1.29 is 73.2 Å². The molecule has 1 saturated heterocycles. The van der Waals surface area contributed by atoms with Crippen molar-refractivity contribution in [2.24, 2.45) is 41.4 Å². The number of allylic oxidation sites excluding steroid dienone is 1. The van der Waals surface area contributed by atoms with Crippen molar-refractivity contribution in [1.29, 1.82) is 0 Å². The topological polar surface area (TPSA) is 348 Å². The summed E-state index contributed by atoms with van der Waals surface area (Å²) in [5.41, 5.74) is 0. The van der Waals surface area contributed by atoms with E-state index in [9.17, 15) is 68.4 Å². The second kappa shape index (κ2) is 37.0. The van der Waals surface area contributed by atoms with E-state index in [1.807, 2.05) is 41.5 Å². The van der Waals surface area contributed by atoms with Crippen LogP contribution in [-0.4, -0.2) is 249 Å². The minimum Gasteiger partial charge on any atom is -0.396 e. The highest BCUT2D eigenvalue weighted by molar-refractivity contribution is 5.99. The van der Waals surface area contributed by atoms with Crippen molar-refractivity contribution in [3.05, 3.63) is 12.2 Å². The molecule has 504 valence electrons. The summed E-state index contributed by atoms with van der Waals surface area (Å²) in [5.74, 6) is -11.7. The van der Waals surface area contributed by atoms with Crippen LogP contribution < -0.4 is 26.6 Å². The first kappa shape index (κ1) is 79.8. The molecule has 26 heteroatoms. The lowest BCUT2D eigenvalue weighted by Crippen LogP contribution is -2.64. The molecule has 1 fully saturated rings. The van der Waals surface area contributed by atoms with Crippen LogP contribution in [0.2, 0.25) is 0 Å². The number of carbonyl (C=O) groups is 11. The third kappa shape index (κ3) is 23.6. The SMILES string of the molecule is CC(C)C[C@@H]1NC(=O)[C@H](C[C@@H](C)CO)N(C)C(=O)[C@@H](C)NC(=O)[C@H](C)NC(=O)[C@H](CC(C)C)N(C)C(=O)[C@H](CC(C)C)NC(=O)[C@H](CC(C)C)N(C)C(=O)CN(C)C(=O)[C@H]([C@@H](C)O)NC(=O)[C@H]([C@H](O)[C@H](C)CC=CCO)N(C)C(=O)[C@H](C(C)C)N(C)C1=O. The average molecular weight is 1250 g/mol. The second-order valence-electron chi connectivity index (χ2n) is 26.4. The Hall–Kier alpha value is -6.25. The minimum atomic E-state index is -1.82. The van der Waals surface area contributed by atoms with E-state index in [2.05, 4.69) is 26.6 Å². The van der Waals surface area contributed by atoms with Crippen molar-refractivity contribution in [2.45, 2.75) is 215 Å². The predicted octanol–water partition coefficient (Wildman–Crippen LogP) is 0.232. The van der Waals surface area contributed by atoms with Crippen LogP contribution in [0.25, 0.3) is 0 Å². The molecule has 0 aromatic heterocycles. The van der Waals surface area contributed by atoms with E-state index in [4.69, 9.17) is 0 Å². The quantitative estimate of drug-likeness (QED) is 0.0830. The summed E-state index contributed by atoms with van der Waals surface area (Å²) < 4.78 is 0. The minimum absolute atomic E-state index is 0.0293. The summed E-state index contributed by atoms with van der Waals surface area (Å²) in [4.78, 5) is 166. The molecule has 88 heavy (non-hydrogen) atoms. The average Bonchev–Trinajstić information content (AvgIpc) is 3.63. The van der Waals surface area contributed by atoms with Gasteiger partial charge in [-0.1, -0.05) is 95.2 Å². The van der Waals surface area contributed by atoms with Crippen molar-refractivity contribution >= 4 is 65.0 Å². The molecule has 0 radical (unpaired) electrons. The Morgan fingerprint density at radius 2 is 0.875 bits per heavy atom. The van der Waals surface area contributed by atoms with Gasteiger partial charge in [-0.15, -0.1) is 0 Å². The van der Waals surface area contributed by atoms with Crippen molar-refractivity contribution in [2.75, 3.05) is 62.0 Å². The lowest BCUT2D eigenvalue weighted by atomic mass is 9.91. The fourth-order valence-electron chi connectivity index (χ4n) is 10.7. The first-order valence-corrected chi connectivity index (χ1v) is 31.0. The van der Waals surface area contributed by atoms with Gasteiger partial charge in [0.2, 0.25) is 65.0 Å². The summed E-state index contributed by atoms with van der Waals surface area (Å²) in [5, 5.41) is 56.3. The maximum Gasteiger partial charge on any atom is 0.248 e. The highest BCUT2D eigenvalue weighted by atomic mass is 16.3. The van der Waals surface area contributed by atoms with E-state index in [1.54, 1.807) is 47.6 Å². The first-order chi connectivity index (χ1) is 40.7. The lowest BCUT2D eigenvalue weighted by Gasteiger charge is -2.40. The molecule has 14 atom stereocenters. The van der Waals surface area contributed by atoms with Gasteiger partial charge in [0.1, 0.15) is 60.4 Å². The number of nitrogens with zero attached hydrogens (tertiary/aromatic N) is 6. The van der Waals surface area contributed by atoms with Gasteiger partial charge in [-0.2, -0.15) is 0 Å². The number of hydrogen-bond acceptors (Lipinski definition) is 15. The molecule has 1 aliphatic heterocycles. The molecule has 0 unspecified atom stereocenters. The zero-order chi connectivity index (χ0) is 68.1. The molecule has 0 aromatic carbocycles. The molecular formula is C62H111N11O15. The molecule has 0 bridgehead atoms. The van der Waals surface area contributed by atoms with Crippen LogP contribution in [0.5, 0.6) is 0 Å². The molecular weight excluding hydrogens is 1140 g/mol. The van der Waals surface area contributed by atoms with E-state index in [-0.39, 0.29) is 75.4 Å². The second-order valence-corrected chi connectivity index (χ2v) is 26.4. The van der Waals surface area contributed by atoms with Crippen molar-refractivity contribution in [1.82, 2.24) is 56.0 Å². The van der Waals surface area contributed by atoms with Crippen LogP contribution in [0.1, 0.15) is 142 Å². The Balaban J connectivity index is 4.37. The smallest absolute Gasteiger partial charge is 0.248 e. The summed E-state index contributed by atoms with van der Waals surface area (Å²) in [6.45, 7) is 23.7. The van der Waals surface area contributed by atoms with E-state index < -0.39 is 162 Å². The Morgan fingerprint density at radius 3 is 1.32 bits per heavy atom. The van der Waals surface area contributed by atoms with Crippen LogP contribution in [0.15, 0.2) is 12.2 Å². The van der Waals surface area contributed by atoms with Crippen molar-refractivity contribution in [3.63, 3.8) is 0 Å². The largest absolute Gasteiger partial charge is 0.396 e. The molecule has 9 N–H and O–H groups in total. The Labute approximate surface area is 523 Å². The Kier molecular flexibility index (Phi) is 33.6. The molecule has 11 amide bonds. The van der Waals surface area contributed by atoms with Crippen LogP contribution in [0.3, 0.4) is 0 Å². The molecule has 0 saturated carbocycles. The van der Waals surface area contributed by atoms with Gasteiger partial charge in [-0.3, -0.25) is 52.7 Å². The third-order valence-electron chi connectivity index (χ3n) is 16.0. The van der Waals surface area contributed by atoms with E-state index in [0.29, 0.717) is 0 Å². The van der Waals surface area contributed by atoms with Gasteiger partial charge in [0.15, 0.2) is 0 Å². The molecule has 0 spiro atoms. The van der Waals surface area contributed by atoms with Crippen LogP contribution in [0, 0.1) is 41.4 Å². The highest BCUT2D eigenvalue weighted by Gasteiger charge is 2.45. The van der Waals surface area contributed by atoms with Gasteiger partial charge in [-0.25, -0.2) is 0 Å². The lowest BCUT2D eigenvalue weighted by molar-refractivity contribution is -0.155. The Bertz CT molecular complexity index is 2390. The number of carbonyl (C=O) groups excluding carboxylic acids is 11. The zero-order valence-electron chi connectivity index (χ0n) is 56.5. The molecule has 1 aliphatic rings. The molecule has 0 aliphatic carbocycles. The standard InChI is InChI=1S/C62H111N11O15/c1-33(2)26-43-59(85)71(19)46(29-36(7)8)54(80)63-40(13)53(79)64-41(14)58(84)70(18)47(30-38(11)32-75)56(82)66-44(27-34(3)4)60(86)72(20)50(37(9)10)62(88)73(21)51(52(78)39(12)24-22-23-25-74)57(83)67-49(42(15)76)61(87)68(16)31-48(77)69(17)45(28-35(5)6)55(81)65-43/h22-23,33-47,49-52,74-76,78H,24-32H2,1-21H3,(H,63,80)(H,64,79)(H,65,81)(H,66,82)(H,67,83)/t38-,39-,40+,41-,42-,43+,44+,45+,46+,47+,49+,50+,51+,52-/m1/s1. The molecule has 1 rings (SSSR count). The number of aliphatic hydroxyl groups is 4. The number of nitrogens with one attached hydrogen (secondary N) is 5. The van der Waals surface area contributed by atoms with Crippen LogP contribution in [0.4, 0.5) is 0 Å². The highest BCUT2D eigenvalue weighted by Crippen LogP contribution is 2.24. The van der Waals surface area contributed by atoms with E-state index >= 15 is 4.79 Å². The maximum atomic E-state index is 15.1. The summed E-state index contributed by atoms with van der Waals surface area (Å²) in [6.07, 6.45) is -0.00695. The van der Waals surface area contributed by atoms with E-state index in [1.165, 1.54) is 74.0 Å². The van der Waals surface area contributed by atoms with E-state index in [0.717, 1.165) is 24.5 Å². The first-order valence-electron chi connectivity index (χ1n) is 31.0. The molecule has 1 heterocycles. The van der Waals surface area contributed by atoms with Crippen molar-refractivity contribution in [3.8, 4) is 0 Å². The van der Waals surface area contributed by atoms with Gasteiger partial charge in [-0.05, 0) is 101 Å². The van der Waals surface area contributed by atoms with Gasteiger partial charge in [0, 0.05) is 48.9 Å².